The van der Waals surface area contributed by atoms with Gasteiger partial charge in [0, 0.05) is 23.3 Å². The molecule has 6 nitrogen and oxygen atoms in total. The van der Waals surface area contributed by atoms with Crippen molar-refractivity contribution >= 4 is 16.9 Å². The number of hydrogen-bond acceptors (Lipinski definition) is 6. The van der Waals surface area contributed by atoms with Crippen molar-refractivity contribution in [3.8, 4) is 0 Å². The van der Waals surface area contributed by atoms with Crippen molar-refractivity contribution in [1.82, 2.24) is 0 Å². The number of ether oxygens (including phenoxy) is 3. The minimum absolute atomic E-state index is 0.00577. The van der Waals surface area contributed by atoms with Crippen LogP contribution in [0.2, 0.25) is 0 Å². The van der Waals surface area contributed by atoms with Crippen molar-refractivity contribution in [1.29, 1.82) is 0 Å². The third-order valence-corrected chi connectivity index (χ3v) is 5.14. The highest BCUT2D eigenvalue weighted by molar-refractivity contribution is 5.87. The lowest BCUT2D eigenvalue weighted by atomic mass is 9.92. The van der Waals surface area contributed by atoms with Gasteiger partial charge in [0.15, 0.2) is 0 Å². The number of allylic oxidation sites excluding steroid dienone is 1. The van der Waals surface area contributed by atoms with E-state index in [1.165, 1.54) is 6.08 Å². The lowest BCUT2D eigenvalue weighted by molar-refractivity contribution is -0.163. The summed E-state index contributed by atoms with van der Waals surface area (Å²) in [6.07, 6.45) is 4.88. The van der Waals surface area contributed by atoms with Crippen molar-refractivity contribution in [3.63, 3.8) is 0 Å². The van der Waals surface area contributed by atoms with Crippen LogP contribution in [0.1, 0.15) is 29.0 Å². The van der Waals surface area contributed by atoms with Crippen molar-refractivity contribution in [2.75, 3.05) is 6.61 Å². The minimum Gasteiger partial charge on any atom is -0.464 e. The molecule has 0 fully saturated rings. The largest absolute Gasteiger partial charge is 0.464 e. The molecule has 1 aromatic heterocycles. The van der Waals surface area contributed by atoms with Crippen LogP contribution >= 0.6 is 0 Å². The van der Waals surface area contributed by atoms with Crippen LogP contribution in [0.25, 0.3) is 11.0 Å². The van der Waals surface area contributed by atoms with Gasteiger partial charge in [-0.3, -0.25) is 0 Å². The predicted octanol–water partition coefficient (Wildman–Crippen LogP) is 4.59. The Morgan fingerprint density at radius 1 is 1.16 bits per heavy atom. The third kappa shape index (κ3) is 4.87. The van der Waals surface area contributed by atoms with E-state index in [2.05, 4.69) is 6.58 Å². The first-order chi connectivity index (χ1) is 15.2. The van der Waals surface area contributed by atoms with Crippen LogP contribution in [0.3, 0.4) is 0 Å². The van der Waals surface area contributed by atoms with Crippen LogP contribution < -0.4 is 0 Å². The van der Waals surface area contributed by atoms with Crippen LogP contribution in [0.15, 0.2) is 83.7 Å². The highest BCUT2D eigenvalue weighted by Gasteiger charge is 2.31. The van der Waals surface area contributed by atoms with Crippen molar-refractivity contribution in [2.45, 2.75) is 31.8 Å². The van der Waals surface area contributed by atoms with Gasteiger partial charge in [-0.1, -0.05) is 55.1 Å². The molecule has 1 aliphatic heterocycles. The monoisotopic (exact) mass is 420 g/mol. The van der Waals surface area contributed by atoms with Crippen molar-refractivity contribution in [3.05, 3.63) is 96.0 Å². The Hall–Kier alpha value is -3.35. The molecule has 0 aliphatic carbocycles. The molecular formula is C25H24O6. The smallest absolute Gasteiger partial charge is 0.373 e. The van der Waals surface area contributed by atoms with Gasteiger partial charge in [0.1, 0.15) is 12.2 Å². The lowest BCUT2D eigenvalue weighted by Gasteiger charge is -2.28. The fourth-order valence-corrected chi connectivity index (χ4v) is 3.54. The average molecular weight is 420 g/mol. The van der Waals surface area contributed by atoms with Gasteiger partial charge in [-0.2, -0.15) is 0 Å². The van der Waals surface area contributed by atoms with Crippen molar-refractivity contribution < 1.29 is 28.5 Å². The summed E-state index contributed by atoms with van der Waals surface area (Å²) in [5.74, 6) is -0.576. The van der Waals surface area contributed by atoms with E-state index in [0.29, 0.717) is 13.0 Å². The van der Waals surface area contributed by atoms with Crippen molar-refractivity contribution in [2.24, 2.45) is 0 Å². The Kier molecular flexibility index (Phi) is 6.50. The average Bonchev–Trinajstić information content (AvgIpc) is 3.25. The van der Waals surface area contributed by atoms with E-state index in [1.807, 2.05) is 48.5 Å². The SMILES string of the molecule is C=CCOC(=O)C1=C[C@H](c2coc3ccccc23)C[C@H](OCc2ccc(CO)cc2)O1. The lowest BCUT2D eigenvalue weighted by Crippen LogP contribution is -2.27. The second-order valence-electron chi connectivity index (χ2n) is 7.28. The zero-order chi connectivity index (χ0) is 21.6. The molecule has 0 unspecified atom stereocenters. The first-order valence-electron chi connectivity index (χ1n) is 10.1. The Balaban J connectivity index is 1.54. The molecule has 2 heterocycles. The van der Waals surface area contributed by atoms with E-state index < -0.39 is 12.3 Å². The van der Waals surface area contributed by atoms with Gasteiger partial charge < -0.3 is 23.7 Å². The van der Waals surface area contributed by atoms with E-state index in [1.54, 1.807) is 12.3 Å². The number of rotatable bonds is 8. The number of benzene rings is 2. The molecule has 0 radical (unpaired) electrons. The topological polar surface area (TPSA) is 78.1 Å². The van der Waals surface area contributed by atoms with E-state index in [0.717, 1.165) is 27.7 Å². The van der Waals surface area contributed by atoms with Gasteiger partial charge >= 0.3 is 5.97 Å². The summed E-state index contributed by atoms with van der Waals surface area (Å²) < 4.78 is 22.7. The number of esters is 1. The molecular weight excluding hydrogens is 396 g/mol. The number of fused-ring (bicyclic) bond motifs is 1. The standard InChI is InChI=1S/C25H24O6/c1-2-11-28-25(27)23-12-19(21-16-29-22-6-4-3-5-20(21)22)13-24(31-23)30-15-18-9-7-17(14-26)8-10-18/h2-10,12,16,19,24,26H,1,11,13-15H2/t19-,24+/m0/s1. The van der Waals surface area contributed by atoms with E-state index in [-0.39, 0.29) is 24.9 Å². The first kappa shape index (κ1) is 20.9. The zero-order valence-corrected chi connectivity index (χ0v) is 17.0. The number of furan rings is 1. The third-order valence-electron chi connectivity index (χ3n) is 5.14. The Morgan fingerprint density at radius 3 is 2.71 bits per heavy atom. The second kappa shape index (κ2) is 9.64. The Labute approximate surface area is 180 Å². The number of para-hydroxylation sites is 1. The first-order valence-corrected chi connectivity index (χ1v) is 10.1. The van der Waals surface area contributed by atoms with Gasteiger partial charge in [0.2, 0.25) is 12.0 Å². The van der Waals surface area contributed by atoms with Gasteiger partial charge in [-0.05, 0) is 23.3 Å². The Bertz CT molecular complexity index is 1080. The zero-order valence-electron chi connectivity index (χ0n) is 17.0. The molecule has 31 heavy (non-hydrogen) atoms. The quantitative estimate of drug-likeness (QED) is 0.424. The summed E-state index contributed by atoms with van der Waals surface area (Å²) in [5.41, 5.74) is 3.53. The second-order valence-corrected chi connectivity index (χ2v) is 7.28. The molecule has 0 saturated heterocycles. The molecule has 2 atom stereocenters. The van der Waals surface area contributed by atoms with Gasteiger partial charge in [-0.15, -0.1) is 0 Å². The molecule has 0 bridgehead atoms. The van der Waals surface area contributed by atoms with Gasteiger partial charge in [0.25, 0.3) is 0 Å². The highest BCUT2D eigenvalue weighted by atomic mass is 16.7. The van der Waals surface area contributed by atoms with Crippen LogP contribution in [0, 0.1) is 0 Å². The molecule has 0 amide bonds. The summed E-state index contributed by atoms with van der Waals surface area (Å²) in [6, 6.07) is 15.2. The normalized spacial score (nSPS) is 18.3. The molecule has 0 spiro atoms. The number of carbonyl (C=O) groups is 1. The maximum absolute atomic E-state index is 12.5. The van der Waals surface area contributed by atoms with Gasteiger partial charge in [-0.25, -0.2) is 4.79 Å². The fraction of sp³-hybridized carbons (Fsp3) is 0.240. The van der Waals surface area contributed by atoms with Crippen LogP contribution in [0.4, 0.5) is 0 Å². The minimum atomic E-state index is -0.632. The summed E-state index contributed by atoms with van der Waals surface area (Å²) in [5, 5.41) is 10.2. The number of carbonyl (C=O) groups excluding carboxylic acids is 1. The van der Waals surface area contributed by atoms with Gasteiger partial charge in [0.05, 0.1) is 19.5 Å². The number of hydrogen-bond donors (Lipinski definition) is 1. The maximum Gasteiger partial charge on any atom is 0.373 e. The van der Waals surface area contributed by atoms with E-state index in [9.17, 15) is 9.90 Å². The highest BCUT2D eigenvalue weighted by Crippen LogP contribution is 2.36. The van der Waals surface area contributed by atoms with E-state index >= 15 is 0 Å². The van der Waals surface area contributed by atoms with Crippen LogP contribution in [0.5, 0.6) is 0 Å². The molecule has 6 heteroatoms. The fourth-order valence-electron chi connectivity index (χ4n) is 3.54. The van der Waals surface area contributed by atoms with Crippen LogP contribution in [-0.4, -0.2) is 24.0 Å². The maximum atomic E-state index is 12.5. The Morgan fingerprint density at radius 2 is 1.94 bits per heavy atom. The molecule has 4 rings (SSSR count). The number of aliphatic hydroxyl groups excluding tert-OH is 1. The molecule has 160 valence electrons. The number of aliphatic hydroxyl groups is 1. The summed E-state index contributed by atoms with van der Waals surface area (Å²) in [7, 11) is 0. The van der Waals surface area contributed by atoms with Crippen LogP contribution in [-0.2, 0) is 32.2 Å². The molecule has 0 saturated carbocycles. The predicted molar refractivity (Wildman–Crippen MR) is 115 cm³/mol. The summed E-state index contributed by atoms with van der Waals surface area (Å²) in [6.45, 7) is 3.97. The molecule has 2 aromatic carbocycles. The molecule has 1 aliphatic rings. The summed E-state index contributed by atoms with van der Waals surface area (Å²) in [4.78, 5) is 12.5. The van der Waals surface area contributed by atoms with E-state index in [4.69, 9.17) is 18.6 Å². The molecule has 1 N–H and O–H groups in total. The molecule has 3 aromatic rings. The summed E-state index contributed by atoms with van der Waals surface area (Å²) >= 11 is 0.